The van der Waals surface area contributed by atoms with Gasteiger partial charge in [0.1, 0.15) is 12.2 Å². The summed E-state index contributed by atoms with van der Waals surface area (Å²) in [6, 6.07) is 5.55. The average Bonchev–Trinajstić information content (AvgIpc) is 2.98. The molecule has 1 amide bonds. The lowest BCUT2D eigenvalue weighted by atomic mass is 10.2. The minimum Gasteiger partial charge on any atom is -0.472 e. The van der Waals surface area contributed by atoms with E-state index < -0.39 is 0 Å². The number of carbonyl (C=O) groups excluding carboxylic acids is 1. The van der Waals surface area contributed by atoms with Gasteiger partial charge in [-0.1, -0.05) is 6.07 Å². The van der Waals surface area contributed by atoms with E-state index in [1.54, 1.807) is 11.1 Å². The molecule has 2 aliphatic rings. The Labute approximate surface area is 124 Å². The number of pyridine rings is 1. The van der Waals surface area contributed by atoms with Crippen molar-refractivity contribution >= 4 is 6.09 Å². The van der Waals surface area contributed by atoms with Gasteiger partial charge in [-0.2, -0.15) is 0 Å². The summed E-state index contributed by atoms with van der Waals surface area (Å²) in [4.78, 5) is 17.9. The molecule has 1 atom stereocenters. The van der Waals surface area contributed by atoms with Gasteiger partial charge in [0.15, 0.2) is 0 Å². The summed E-state index contributed by atoms with van der Waals surface area (Å²) in [7, 11) is 0. The van der Waals surface area contributed by atoms with Crippen LogP contribution in [0.25, 0.3) is 0 Å². The Balaban J connectivity index is 1.46. The Kier molecular flexibility index (Phi) is 4.55. The Morgan fingerprint density at radius 2 is 2.10 bits per heavy atom. The monoisotopic (exact) mass is 292 g/mol. The van der Waals surface area contributed by atoms with E-state index in [2.05, 4.69) is 4.98 Å². The summed E-state index contributed by atoms with van der Waals surface area (Å²) < 4.78 is 16.5. The molecule has 3 rings (SSSR count). The fourth-order valence-corrected chi connectivity index (χ4v) is 2.59. The molecule has 0 bridgehead atoms. The molecule has 0 saturated carbocycles. The van der Waals surface area contributed by atoms with Crippen molar-refractivity contribution in [3.63, 3.8) is 0 Å². The zero-order valence-corrected chi connectivity index (χ0v) is 11.9. The smallest absolute Gasteiger partial charge is 0.410 e. The molecule has 0 aliphatic carbocycles. The third-order valence-electron chi connectivity index (χ3n) is 3.76. The van der Waals surface area contributed by atoms with Gasteiger partial charge in [-0.25, -0.2) is 9.78 Å². The second-order valence-electron chi connectivity index (χ2n) is 5.34. The van der Waals surface area contributed by atoms with Crippen LogP contribution in [0.3, 0.4) is 0 Å². The predicted molar refractivity (Wildman–Crippen MR) is 75.2 cm³/mol. The summed E-state index contributed by atoms with van der Waals surface area (Å²) in [5, 5.41) is 0. The molecule has 21 heavy (non-hydrogen) atoms. The third kappa shape index (κ3) is 3.85. The normalized spacial score (nSPS) is 23.0. The molecule has 1 aromatic heterocycles. The highest BCUT2D eigenvalue weighted by Crippen LogP contribution is 2.19. The molecule has 2 aliphatic heterocycles. The summed E-state index contributed by atoms with van der Waals surface area (Å²) >= 11 is 0. The first-order chi connectivity index (χ1) is 10.3. The van der Waals surface area contributed by atoms with Gasteiger partial charge in [0.05, 0.1) is 19.8 Å². The van der Waals surface area contributed by atoms with Gasteiger partial charge in [0, 0.05) is 38.1 Å². The highest BCUT2D eigenvalue weighted by Gasteiger charge is 2.30. The van der Waals surface area contributed by atoms with Crippen molar-refractivity contribution in [3.8, 4) is 5.88 Å². The van der Waals surface area contributed by atoms with Crippen molar-refractivity contribution < 1.29 is 19.0 Å². The van der Waals surface area contributed by atoms with E-state index in [0.29, 0.717) is 32.2 Å². The molecule has 3 heterocycles. The van der Waals surface area contributed by atoms with Gasteiger partial charge in [-0.3, -0.25) is 0 Å². The molecule has 0 N–H and O–H groups in total. The Bertz CT molecular complexity index is 462. The summed E-state index contributed by atoms with van der Waals surface area (Å²) in [6.07, 6.45) is 3.81. The van der Waals surface area contributed by atoms with Gasteiger partial charge in [0.25, 0.3) is 0 Å². The summed E-state index contributed by atoms with van der Waals surface area (Å²) in [6.45, 7) is 2.56. The first-order valence-corrected chi connectivity index (χ1v) is 7.42. The maximum Gasteiger partial charge on any atom is 0.410 e. The van der Waals surface area contributed by atoms with Gasteiger partial charge >= 0.3 is 6.09 Å². The Morgan fingerprint density at radius 3 is 2.86 bits per heavy atom. The van der Waals surface area contributed by atoms with Crippen LogP contribution >= 0.6 is 0 Å². The van der Waals surface area contributed by atoms with E-state index in [4.69, 9.17) is 14.2 Å². The number of hydrogen-bond donors (Lipinski definition) is 0. The number of nitrogens with zero attached hydrogens (tertiary/aromatic N) is 2. The second kappa shape index (κ2) is 6.76. The van der Waals surface area contributed by atoms with Crippen molar-refractivity contribution in [3.05, 3.63) is 24.4 Å². The van der Waals surface area contributed by atoms with E-state index >= 15 is 0 Å². The second-order valence-corrected chi connectivity index (χ2v) is 5.34. The van der Waals surface area contributed by atoms with Crippen LogP contribution in [0, 0.1) is 0 Å². The molecule has 0 aromatic carbocycles. The van der Waals surface area contributed by atoms with E-state index in [0.717, 1.165) is 19.3 Å². The molecule has 1 aromatic rings. The lowest BCUT2D eigenvalue weighted by Crippen LogP contribution is -2.35. The summed E-state index contributed by atoms with van der Waals surface area (Å²) in [5.41, 5.74) is 0. The van der Waals surface area contributed by atoms with Crippen LogP contribution in [0.2, 0.25) is 0 Å². The number of ether oxygens (including phenoxy) is 3. The number of carbonyl (C=O) groups is 1. The molecular weight excluding hydrogens is 272 g/mol. The molecular formula is C15H20N2O4. The number of aromatic nitrogens is 1. The Morgan fingerprint density at radius 1 is 1.24 bits per heavy atom. The molecule has 2 saturated heterocycles. The van der Waals surface area contributed by atoms with E-state index in [9.17, 15) is 4.79 Å². The quantitative estimate of drug-likeness (QED) is 0.851. The zero-order chi connectivity index (χ0) is 14.5. The molecule has 6 heteroatoms. The van der Waals surface area contributed by atoms with Gasteiger partial charge < -0.3 is 19.1 Å². The SMILES string of the molecule is O=C(OC1CCOCC1)N1CC[C@@H](Oc2ccccn2)C1. The highest BCUT2D eigenvalue weighted by molar-refractivity contribution is 5.68. The van der Waals surface area contributed by atoms with Crippen LogP contribution in [0.5, 0.6) is 5.88 Å². The number of likely N-dealkylation sites (tertiary alicyclic amines) is 1. The number of hydrogen-bond acceptors (Lipinski definition) is 5. The van der Waals surface area contributed by atoms with Crippen LogP contribution < -0.4 is 4.74 Å². The third-order valence-corrected chi connectivity index (χ3v) is 3.76. The standard InChI is InChI=1S/C15H20N2O4/c18-15(21-12-5-9-19-10-6-12)17-8-4-13(11-17)20-14-3-1-2-7-16-14/h1-3,7,12-13H,4-6,8-11H2/t13-/m1/s1. The van der Waals surface area contributed by atoms with Crippen molar-refractivity contribution in [2.45, 2.75) is 31.5 Å². The minimum atomic E-state index is -0.242. The molecule has 0 radical (unpaired) electrons. The van der Waals surface area contributed by atoms with E-state index in [-0.39, 0.29) is 18.3 Å². The largest absolute Gasteiger partial charge is 0.472 e. The summed E-state index contributed by atoms with van der Waals surface area (Å²) in [5.74, 6) is 0.599. The molecule has 2 fully saturated rings. The van der Waals surface area contributed by atoms with Gasteiger partial charge in [-0.15, -0.1) is 0 Å². The van der Waals surface area contributed by atoms with Crippen molar-refractivity contribution in [1.29, 1.82) is 0 Å². The van der Waals surface area contributed by atoms with Crippen molar-refractivity contribution in [2.75, 3.05) is 26.3 Å². The fraction of sp³-hybridized carbons (Fsp3) is 0.600. The maximum absolute atomic E-state index is 12.1. The van der Waals surface area contributed by atoms with Crippen LogP contribution in [-0.4, -0.2) is 54.5 Å². The first kappa shape index (κ1) is 14.1. The Hall–Kier alpha value is -1.82. The zero-order valence-electron chi connectivity index (χ0n) is 11.9. The average molecular weight is 292 g/mol. The topological polar surface area (TPSA) is 60.9 Å². The fourth-order valence-electron chi connectivity index (χ4n) is 2.59. The van der Waals surface area contributed by atoms with Crippen LogP contribution in [0.1, 0.15) is 19.3 Å². The molecule has 0 unspecified atom stereocenters. The van der Waals surface area contributed by atoms with Gasteiger partial charge in [0.2, 0.25) is 5.88 Å². The minimum absolute atomic E-state index is 0.0119. The molecule has 114 valence electrons. The maximum atomic E-state index is 12.1. The first-order valence-electron chi connectivity index (χ1n) is 7.42. The number of amides is 1. The van der Waals surface area contributed by atoms with E-state index in [1.165, 1.54) is 0 Å². The lowest BCUT2D eigenvalue weighted by Gasteiger charge is -2.25. The van der Waals surface area contributed by atoms with Crippen molar-refractivity contribution in [1.82, 2.24) is 9.88 Å². The van der Waals surface area contributed by atoms with E-state index in [1.807, 2.05) is 18.2 Å². The predicted octanol–water partition coefficient (Wildman–Crippen LogP) is 1.85. The highest BCUT2D eigenvalue weighted by atomic mass is 16.6. The van der Waals surface area contributed by atoms with Crippen LogP contribution in [0.4, 0.5) is 4.79 Å². The van der Waals surface area contributed by atoms with Crippen LogP contribution in [0.15, 0.2) is 24.4 Å². The van der Waals surface area contributed by atoms with Crippen LogP contribution in [-0.2, 0) is 9.47 Å². The number of rotatable bonds is 3. The van der Waals surface area contributed by atoms with Crippen molar-refractivity contribution in [2.24, 2.45) is 0 Å². The van der Waals surface area contributed by atoms with Gasteiger partial charge in [-0.05, 0) is 6.07 Å². The molecule has 6 nitrogen and oxygen atoms in total. The molecule has 0 spiro atoms. The lowest BCUT2D eigenvalue weighted by molar-refractivity contribution is -0.00898.